The van der Waals surface area contributed by atoms with Crippen LogP contribution in [0.3, 0.4) is 0 Å². The number of hydrogen-bond acceptors (Lipinski definition) is 4. The number of anilines is 1. The second-order valence-corrected chi connectivity index (χ2v) is 6.13. The summed E-state index contributed by atoms with van der Waals surface area (Å²) in [5.41, 5.74) is 1.05. The topological polar surface area (TPSA) is 58.1 Å². The standard InChI is InChI=1S/C17H19ClN4O/c18-15-5-3-13(4-6-15)10-21-17(23)14-2-1-9-22(12-14)16-11-19-7-8-20-16/h3-8,11,14H,1-2,9-10,12H2,(H,21,23)/t14-/m0/s1. The van der Waals surface area contributed by atoms with Crippen LogP contribution in [-0.2, 0) is 11.3 Å². The number of halogens is 1. The molecule has 1 saturated heterocycles. The van der Waals surface area contributed by atoms with E-state index < -0.39 is 0 Å². The second-order valence-electron chi connectivity index (χ2n) is 5.69. The molecule has 2 heterocycles. The first kappa shape index (κ1) is 15.7. The smallest absolute Gasteiger partial charge is 0.225 e. The van der Waals surface area contributed by atoms with E-state index in [0.29, 0.717) is 18.1 Å². The summed E-state index contributed by atoms with van der Waals surface area (Å²) >= 11 is 5.87. The fraction of sp³-hybridized carbons (Fsp3) is 0.353. The molecule has 0 aliphatic carbocycles. The SMILES string of the molecule is O=C(NCc1ccc(Cl)cc1)[C@H]1CCCN(c2cnccn2)C1. The number of benzene rings is 1. The number of carbonyl (C=O) groups is 1. The Morgan fingerprint density at radius 1 is 1.30 bits per heavy atom. The Morgan fingerprint density at radius 2 is 2.13 bits per heavy atom. The minimum Gasteiger partial charge on any atom is -0.355 e. The molecular weight excluding hydrogens is 312 g/mol. The van der Waals surface area contributed by atoms with Crippen LogP contribution in [0.15, 0.2) is 42.9 Å². The molecule has 1 aromatic carbocycles. The third kappa shape index (κ3) is 4.20. The average Bonchev–Trinajstić information content (AvgIpc) is 2.62. The lowest BCUT2D eigenvalue weighted by atomic mass is 9.97. The predicted octanol–water partition coefficient (Wildman–Crippen LogP) is 2.66. The highest BCUT2D eigenvalue weighted by molar-refractivity contribution is 6.30. The number of nitrogens with zero attached hydrogens (tertiary/aromatic N) is 3. The molecule has 0 bridgehead atoms. The third-order valence-corrected chi connectivity index (χ3v) is 4.30. The number of nitrogens with one attached hydrogen (secondary N) is 1. The number of piperidine rings is 1. The summed E-state index contributed by atoms with van der Waals surface area (Å²) in [5.74, 6) is 0.911. The van der Waals surface area contributed by atoms with Gasteiger partial charge in [-0.1, -0.05) is 23.7 Å². The summed E-state index contributed by atoms with van der Waals surface area (Å²) < 4.78 is 0. The fourth-order valence-electron chi connectivity index (χ4n) is 2.79. The van der Waals surface area contributed by atoms with Crippen LogP contribution >= 0.6 is 11.6 Å². The van der Waals surface area contributed by atoms with Crippen molar-refractivity contribution >= 4 is 23.3 Å². The normalized spacial score (nSPS) is 17.8. The van der Waals surface area contributed by atoms with Crippen LogP contribution in [0, 0.1) is 5.92 Å². The van der Waals surface area contributed by atoms with Crippen molar-refractivity contribution < 1.29 is 4.79 Å². The first-order chi connectivity index (χ1) is 11.2. The van der Waals surface area contributed by atoms with Gasteiger partial charge in [0.25, 0.3) is 0 Å². The van der Waals surface area contributed by atoms with Gasteiger partial charge in [0.05, 0.1) is 12.1 Å². The Hall–Kier alpha value is -2.14. The van der Waals surface area contributed by atoms with Gasteiger partial charge < -0.3 is 10.2 Å². The molecule has 1 aromatic heterocycles. The minimum atomic E-state index is -0.0157. The van der Waals surface area contributed by atoms with Gasteiger partial charge in [-0.15, -0.1) is 0 Å². The molecule has 0 saturated carbocycles. The Bertz CT molecular complexity index is 647. The summed E-state index contributed by atoms with van der Waals surface area (Å²) in [5, 5.41) is 3.72. The van der Waals surface area contributed by atoms with Crippen LogP contribution in [0.5, 0.6) is 0 Å². The maximum atomic E-state index is 12.4. The van der Waals surface area contributed by atoms with E-state index in [1.165, 1.54) is 0 Å². The lowest BCUT2D eigenvalue weighted by molar-refractivity contribution is -0.125. The van der Waals surface area contributed by atoms with E-state index in [1.807, 2.05) is 24.3 Å². The monoisotopic (exact) mass is 330 g/mol. The van der Waals surface area contributed by atoms with Gasteiger partial charge in [0.1, 0.15) is 5.82 Å². The molecule has 3 rings (SSSR count). The molecule has 1 amide bonds. The van der Waals surface area contributed by atoms with Gasteiger partial charge in [-0.05, 0) is 30.5 Å². The molecule has 0 radical (unpaired) electrons. The Kier molecular flexibility index (Phi) is 5.08. The predicted molar refractivity (Wildman–Crippen MR) is 90.3 cm³/mol. The highest BCUT2D eigenvalue weighted by Gasteiger charge is 2.26. The molecule has 6 heteroatoms. The van der Waals surface area contributed by atoms with Gasteiger partial charge in [0.15, 0.2) is 0 Å². The quantitative estimate of drug-likeness (QED) is 0.936. The Balaban J connectivity index is 1.55. The molecule has 1 fully saturated rings. The maximum Gasteiger partial charge on any atom is 0.225 e. The first-order valence-electron chi connectivity index (χ1n) is 7.75. The number of carbonyl (C=O) groups excluding carboxylic acids is 1. The van der Waals surface area contributed by atoms with Crippen molar-refractivity contribution in [2.45, 2.75) is 19.4 Å². The van der Waals surface area contributed by atoms with E-state index in [4.69, 9.17) is 11.6 Å². The van der Waals surface area contributed by atoms with Crippen molar-refractivity contribution in [1.82, 2.24) is 15.3 Å². The van der Waals surface area contributed by atoms with Gasteiger partial charge in [-0.3, -0.25) is 9.78 Å². The summed E-state index contributed by atoms with van der Waals surface area (Å²) in [4.78, 5) is 23.0. The average molecular weight is 331 g/mol. The van der Waals surface area contributed by atoms with Gasteiger partial charge in [0.2, 0.25) is 5.91 Å². The van der Waals surface area contributed by atoms with Crippen LogP contribution in [0.4, 0.5) is 5.82 Å². The van der Waals surface area contributed by atoms with Crippen LogP contribution < -0.4 is 10.2 Å². The molecular formula is C17H19ClN4O. The van der Waals surface area contributed by atoms with Crippen molar-refractivity contribution in [3.63, 3.8) is 0 Å². The van der Waals surface area contributed by atoms with Crippen molar-refractivity contribution in [2.75, 3.05) is 18.0 Å². The van der Waals surface area contributed by atoms with Gasteiger partial charge in [0, 0.05) is 37.1 Å². The zero-order valence-electron chi connectivity index (χ0n) is 12.8. The van der Waals surface area contributed by atoms with Crippen LogP contribution in [0.25, 0.3) is 0 Å². The summed E-state index contributed by atoms with van der Waals surface area (Å²) in [6.07, 6.45) is 6.97. The molecule has 1 aliphatic heterocycles. The zero-order chi connectivity index (χ0) is 16.1. The lowest BCUT2D eigenvalue weighted by Crippen LogP contribution is -2.43. The molecule has 2 aromatic rings. The largest absolute Gasteiger partial charge is 0.355 e. The van der Waals surface area contributed by atoms with E-state index in [0.717, 1.165) is 30.8 Å². The van der Waals surface area contributed by atoms with E-state index in [2.05, 4.69) is 20.2 Å². The Morgan fingerprint density at radius 3 is 2.87 bits per heavy atom. The molecule has 1 aliphatic rings. The highest BCUT2D eigenvalue weighted by atomic mass is 35.5. The molecule has 1 N–H and O–H groups in total. The summed E-state index contributed by atoms with van der Waals surface area (Å²) in [6.45, 7) is 2.13. The molecule has 120 valence electrons. The van der Waals surface area contributed by atoms with E-state index in [9.17, 15) is 4.79 Å². The van der Waals surface area contributed by atoms with Crippen LogP contribution in [0.2, 0.25) is 5.02 Å². The van der Waals surface area contributed by atoms with Crippen molar-refractivity contribution in [2.24, 2.45) is 5.92 Å². The number of hydrogen-bond donors (Lipinski definition) is 1. The van der Waals surface area contributed by atoms with Crippen molar-refractivity contribution in [3.05, 3.63) is 53.4 Å². The molecule has 23 heavy (non-hydrogen) atoms. The highest BCUT2D eigenvalue weighted by Crippen LogP contribution is 2.21. The molecule has 0 unspecified atom stereocenters. The van der Waals surface area contributed by atoms with Gasteiger partial charge in [-0.2, -0.15) is 0 Å². The van der Waals surface area contributed by atoms with E-state index in [-0.39, 0.29) is 11.8 Å². The van der Waals surface area contributed by atoms with Gasteiger partial charge >= 0.3 is 0 Å². The van der Waals surface area contributed by atoms with E-state index >= 15 is 0 Å². The van der Waals surface area contributed by atoms with Crippen molar-refractivity contribution in [3.8, 4) is 0 Å². The minimum absolute atomic E-state index is 0.0157. The van der Waals surface area contributed by atoms with Crippen LogP contribution in [-0.4, -0.2) is 29.0 Å². The van der Waals surface area contributed by atoms with Crippen molar-refractivity contribution in [1.29, 1.82) is 0 Å². The zero-order valence-corrected chi connectivity index (χ0v) is 13.5. The second kappa shape index (κ2) is 7.42. The Labute approximate surface area is 140 Å². The maximum absolute atomic E-state index is 12.4. The number of aromatic nitrogens is 2. The van der Waals surface area contributed by atoms with E-state index in [1.54, 1.807) is 18.6 Å². The lowest BCUT2D eigenvalue weighted by Gasteiger charge is -2.32. The third-order valence-electron chi connectivity index (χ3n) is 4.05. The molecule has 5 nitrogen and oxygen atoms in total. The first-order valence-corrected chi connectivity index (χ1v) is 8.13. The van der Waals surface area contributed by atoms with Gasteiger partial charge in [-0.25, -0.2) is 4.98 Å². The summed E-state index contributed by atoms with van der Waals surface area (Å²) in [6, 6.07) is 7.52. The number of amides is 1. The fourth-order valence-corrected chi connectivity index (χ4v) is 2.92. The summed E-state index contributed by atoms with van der Waals surface area (Å²) in [7, 11) is 0. The molecule has 0 spiro atoms. The van der Waals surface area contributed by atoms with Crippen LogP contribution in [0.1, 0.15) is 18.4 Å². The number of rotatable bonds is 4. The molecule has 1 atom stereocenters.